The molecule has 0 radical (unpaired) electrons. The second-order valence-electron chi connectivity index (χ2n) is 3.33. The summed E-state index contributed by atoms with van der Waals surface area (Å²) in [6.45, 7) is 0.482. The molecule has 0 fully saturated rings. The Morgan fingerprint density at radius 2 is 1.79 bits per heavy atom. The fourth-order valence-corrected chi connectivity index (χ4v) is 6.24. The van der Waals surface area contributed by atoms with E-state index in [9.17, 15) is 0 Å². The molecule has 8 heteroatoms. The molecular weight excluding hydrogens is 339 g/mol. The van der Waals surface area contributed by atoms with Gasteiger partial charge in [-0.3, -0.25) is 0 Å². The van der Waals surface area contributed by atoms with E-state index in [2.05, 4.69) is 25.3 Å². The molecule has 3 nitrogen and oxygen atoms in total. The molecule has 0 bridgehead atoms. The van der Waals surface area contributed by atoms with Crippen LogP contribution in [0.15, 0.2) is 24.3 Å². The second-order valence-corrected chi connectivity index (χ2v) is 10.6. The Bertz CT molecular complexity index is 401. The number of ether oxygens (including phenoxy) is 1. The third-order valence-electron chi connectivity index (χ3n) is 1.96. The first-order valence-corrected chi connectivity index (χ1v) is 11.1. The fourth-order valence-electron chi connectivity index (χ4n) is 1.16. The minimum Gasteiger partial charge on any atom is -0.497 e. The van der Waals surface area contributed by atoms with Crippen LogP contribution in [-0.2, 0) is 16.3 Å². The van der Waals surface area contributed by atoms with E-state index in [4.69, 9.17) is 25.6 Å². The van der Waals surface area contributed by atoms with Gasteiger partial charge in [0.1, 0.15) is 11.5 Å². The van der Waals surface area contributed by atoms with Crippen molar-refractivity contribution in [3.63, 3.8) is 0 Å². The van der Waals surface area contributed by atoms with Gasteiger partial charge in [0.05, 0.1) is 13.7 Å². The van der Waals surface area contributed by atoms with Gasteiger partial charge in [-0.25, -0.2) is 0 Å². The lowest BCUT2D eigenvalue weighted by atomic mass is 10.3. The monoisotopic (exact) mass is 356 g/mol. The molecule has 0 aliphatic carbocycles. The average molecular weight is 356 g/mol. The summed E-state index contributed by atoms with van der Waals surface area (Å²) in [5.41, 5.74) is -2.39. The van der Waals surface area contributed by atoms with Gasteiger partial charge in [-0.2, -0.15) is 25.3 Å². The summed E-state index contributed by atoms with van der Waals surface area (Å²) in [5.74, 6) is 3.61. The molecule has 0 aliphatic heterocycles. The van der Waals surface area contributed by atoms with E-state index in [-0.39, 0.29) is 0 Å². The van der Waals surface area contributed by atoms with Gasteiger partial charge in [0.15, 0.2) is 0 Å². The summed E-state index contributed by atoms with van der Waals surface area (Å²) in [7, 11) is 1.62. The second kappa shape index (κ2) is 9.42. The first-order valence-electron chi connectivity index (χ1n) is 5.58. The van der Waals surface area contributed by atoms with E-state index in [1.54, 1.807) is 7.11 Å². The molecule has 0 amide bonds. The summed E-state index contributed by atoms with van der Waals surface area (Å²) >= 11 is 15.3. The molecule has 1 unspecified atom stereocenters. The van der Waals surface area contributed by atoms with Crippen molar-refractivity contribution in [2.75, 3.05) is 31.0 Å². The van der Waals surface area contributed by atoms with Crippen LogP contribution in [0.4, 0.5) is 0 Å². The topological polar surface area (TPSA) is 27.7 Å². The Morgan fingerprint density at radius 3 is 2.32 bits per heavy atom. The van der Waals surface area contributed by atoms with Gasteiger partial charge in [0.25, 0.3) is 5.69 Å². The van der Waals surface area contributed by atoms with Crippen molar-refractivity contribution in [1.82, 2.24) is 0 Å². The first-order chi connectivity index (χ1) is 9.13. The standard InChI is InChI=1S/C11H17O3PS4/c1-12-10-2-4-11(5-3-10)14-15(18,13-6-7-16)19-9-8-17/h2-5,16-17H,6-9H2,1H3. The number of hydrogen-bond acceptors (Lipinski definition) is 7. The van der Waals surface area contributed by atoms with Gasteiger partial charge in [-0.1, -0.05) is 11.4 Å². The predicted octanol–water partition coefficient (Wildman–Crippen LogP) is 3.91. The van der Waals surface area contributed by atoms with Gasteiger partial charge in [-0.05, 0) is 41.8 Å². The highest BCUT2D eigenvalue weighted by atomic mass is 32.9. The molecule has 0 saturated heterocycles. The zero-order valence-corrected chi connectivity index (χ0v) is 14.8. The Morgan fingerprint density at radius 1 is 1.16 bits per heavy atom. The summed E-state index contributed by atoms with van der Waals surface area (Å²) in [6.07, 6.45) is 0. The quantitative estimate of drug-likeness (QED) is 0.517. The van der Waals surface area contributed by atoms with Crippen LogP contribution in [0.5, 0.6) is 11.5 Å². The highest BCUT2D eigenvalue weighted by molar-refractivity contribution is 8.68. The maximum atomic E-state index is 5.85. The van der Waals surface area contributed by atoms with E-state index in [0.29, 0.717) is 18.1 Å². The summed E-state index contributed by atoms with van der Waals surface area (Å²) in [6, 6.07) is 7.31. The molecule has 0 heterocycles. The molecule has 1 aromatic carbocycles. The lowest BCUT2D eigenvalue weighted by molar-refractivity contribution is 0.348. The van der Waals surface area contributed by atoms with Crippen molar-refractivity contribution in [2.45, 2.75) is 0 Å². The fraction of sp³-hybridized carbons (Fsp3) is 0.455. The van der Waals surface area contributed by atoms with Crippen LogP contribution in [0.25, 0.3) is 0 Å². The zero-order chi connectivity index (χ0) is 14.1. The maximum Gasteiger partial charge on any atom is 0.297 e. The van der Waals surface area contributed by atoms with Crippen molar-refractivity contribution in [3.05, 3.63) is 24.3 Å². The molecule has 0 spiro atoms. The van der Waals surface area contributed by atoms with Crippen molar-refractivity contribution in [2.24, 2.45) is 0 Å². The van der Waals surface area contributed by atoms with E-state index in [1.807, 2.05) is 24.3 Å². The molecule has 108 valence electrons. The molecule has 0 saturated carbocycles. The zero-order valence-electron chi connectivity index (χ0n) is 10.5. The highest BCUT2D eigenvalue weighted by Crippen LogP contribution is 2.60. The molecule has 1 atom stereocenters. The van der Waals surface area contributed by atoms with E-state index >= 15 is 0 Å². The molecule has 1 rings (SSSR count). The lowest BCUT2D eigenvalue weighted by Crippen LogP contribution is -1.99. The van der Waals surface area contributed by atoms with Gasteiger partial charge in [-0.15, -0.1) is 0 Å². The van der Waals surface area contributed by atoms with Crippen molar-refractivity contribution >= 4 is 54.1 Å². The van der Waals surface area contributed by atoms with Gasteiger partial charge < -0.3 is 13.8 Å². The first kappa shape index (κ1) is 17.5. The third kappa shape index (κ3) is 6.65. The maximum absolute atomic E-state index is 5.85. The van der Waals surface area contributed by atoms with E-state index in [1.165, 1.54) is 11.4 Å². The van der Waals surface area contributed by atoms with Gasteiger partial charge in [0.2, 0.25) is 0 Å². The Labute approximate surface area is 134 Å². The highest BCUT2D eigenvalue weighted by Gasteiger charge is 2.21. The normalized spacial score (nSPS) is 13.8. The van der Waals surface area contributed by atoms with Crippen molar-refractivity contribution in [3.8, 4) is 11.5 Å². The smallest absolute Gasteiger partial charge is 0.297 e. The van der Waals surface area contributed by atoms with Crippen molar-refractivity contribution < 1.29 is 13.8 Å². The largest absolute Gasteiger partial charge is 0.497 e. The molecule has 1 aromatic rings. The lowest BCUT2D eigenvalue weighted by Gasteiger charge is -2.21. The molecule has 19 heavy (non-hydrogen) atoms. The van der Waals surface area contributed by atoms with Crippen LogP contribution in [0.1, 0.15) is 0 Å². The van der Waals surface area contributed by atoms with Crippen LogP contribution in [0, 0.1) is 0 Å². The number of rotatable bonds is 9. The predicted molar refractivity (Wildman–Crippen MR) is 94.0 cm³/mol. The van der Waals surface area contributed by atoms with E-state index in [0.717, 1.165) is 17.3 Å². The number of benzene rings is 1. The molecule has 0 aliphatic rings. The van der Waals surface area contributed by atoms with Crippen molar-refractivity contribution in [1.29, 1.82) is 0 Å². The molecule has 0 N–H and O–H groups in total. The minimum atomic E-state index is -2.39. The van der Waals surface area contributed by atoms with Crippen LogP contribution >= 0.6 is 42.3 Å². The number of methoxy groups -OCH3 is 1. The molecular formula is C11H17O3PS4. The SMILES string of the molecule is COc1ccc(OP(=S)(OCCS)SCCS)cc1. The summed E-state index contributed by atoms with van der Waals surface area (Å²) in [5, 5.41) is 0. The third-order valence-corrected chi connectivity index (χ3v) is 7.83. The summed E-state index contributed by atoms with van der Waals surface area (Å²) in [4.78, 5) is 0. The van der Waals surface area contributed by atoms with Crippen LogP contribution < -0.4 is 9.26 Å². The average Bonchev–Trinajstić information content (AvgIpc) is 2.44. The van der Waals surface area contributed by atoms with Gasteiger partial charge >= 0.3 is 0 Å². The molecule has 0 aromatic heterocycles. The number of hydrogen-bond donors (Lipinski definition) is 2. The van der Waals surface area contributed by atoms with E-state index < -0.39 is 5.69 Å². The number of thiol groups is 2. The van der Waals surface area contributed by atoms with Crippen LogP contribution in [0.2, 0.25) is 0 Å². The Kier molecular flexibility index (Phi) is 8.69. The Balaban J connectivity index is 2.71. The van der Waals surface area contributed by atoms with Crippen LogP contribution in [0.3, 0.4) is 0 Å². The summed E-state index contributed by atoms with van der Waals surface area (Å²) < 4.78 is 16.6. The minimum absolute atomic E-state index is 0.482. The van der Waals surface area contributed by atoms with Gasteiger partial charge in [0, 0.05) is 11.5 Å². The Hall–Kier alpha value is 0.480. The van der Waals surface area contributed by atoms with Crippen LogP contribution in [-0.4, -0.2) is 31.0 Å².